The Hall–Kier alpha value is -1.17. The topological polar surface area (TPSA) is 60.6 Å². The molecule has 2 saturated carbocycles. The molecule has 0 amide bonds. The van der Waals surface area contributed by atoms with Gasteiger partial charge in [0.05, 0.1) is 6.10 Å². The molecule has 5 nitrogen and oxygen atoms in total. The van der Waals surface area contributed by atoms with Crippen LogP contribution in [0.5, 0.6) is 0 Å². The van der Waals surface area contributed by atoms with Crippen LogP contribution in [-0.4, -0.2) is 47.7 Å². The van der Waals surface area contributed by atoms with E-state index in [0.29, 0.717) is 12.5 Å². The predicted octanol–water partition coefficient (Wildman–Crippen LogP) is 2.30. The van der Waals surface area contributed by atoms with Crippen molar-refractivity contribution in [1.29, 1.82) is 0 Å². The molecule has 8 unspecified atom stereocenters. The van der Waals surface area contributed by atoms with Crippen molar-refractivity contribution in [3.8, 4) is 0 Å². The SMILES string of the molecule is C=C1C2(C(C)C)OC2C2OC23C12CC(O2)C1C2=C(CCC13C)C(=O)OC2. The number of hydrogen-bond donors (Lipinski definition) is 0. The fourth-order valence-electron chi connectivity index (χ4n) is 7.86. The first-order valence-corrected chi connectivity index (χ1v) is 9.96. The molecule has 3 aliphatic carbocycles. The zero-order valence-electron chi connectivity index (χ0n) is 15.5. The van der Waals surface area contributed by atoms with Crippen LogP contribution in [0, 0.1) is 17.3 Å². The van der Waals surface area contributed by atoms with Gasteiger partial charge in [0, 0.05) is 23.3 Å². The lowest BCUT2D eigenvalue weighted by atomic mass is 9.41. The summed E-state index contributed by atoms with van der Waals surface area (Å²) < 4.78 is 25.0. The number of rotatable bonds is 1. The van der Waals surface area contributed by atoms with Gasteiger partial charge in [0.15, 0.2) is 0 Å². The van der Waals surface area contributed by atoms with Crippen molar-refractivity contribution in [2.45, 2.75) is 75.1 Å². The number of carbonyl (C=O) groups is 1. The minimum absolute atomic E-state index is 0.0519. The Kier molecular flexibility index (Phi) is 2.12. The number of cyclic esters (lactones) is 1. The summed E-state index contributed by atoms with van der Waals surface area (Å²) in [5, 5.41) is 0. The van der Waals surface area contributed by atoms with E-state index in [0.717, 1.165) is 30.4 Å². The van der Waals surface area contributed by atoms with E-state index in [9.17, 15) is 4.79 Å². The van der Waals surface area contributed by atoms with Crippen molar-refractivity contribution >= 4 is 5.97 Å². The van der Waals surface area contributed by atoms with Crippen LogP contribution in [0.1, 0.15) is 40.0 Å². The zero-order chi connectivity index (χ0) is 17.9. The standard InChI is InChI=1S/C21H24O5/c1-9(2)20-10(3)19-7-13(24-19)14-12-8-23-17(22)11(12)5-6-18(14,4)21(19)16(26-21)15(20)25-20/h9,13-16H,3,5-8H2,1-2,4H3. The highest BCUT2D eigenvalue weighted by Gasteiger charge is 2.96. The molecule has 0 N–H and O–H groups in total. The number of esters is 1. The average Bonchev–Trinajstić information content (AvgIpc) is 3.42. The van der Waals surface area contributed by atoms with Crippen molar-refractivity contribution < 1.29 is 23.7 Å². The summed E-state index contributed by atoms with van der Waals surface area (Å²) in [5.74, 6) is 0.454. The normalized spacial score (nSPS) is 60.3. The Morgan fingerprint density at radius 3 is 2.69 bits per heavy atom. The molecular weight excluding hydrogens is 332 g/mol. The smallest absolute Gasteiger partial charge is 0.334 e. The van der Waals surface area contributed by atoms with E-state index in [1.807, 2.05) is 0 Å². The summed E-state index contributed by atoms with van der Waals surface area (Å²) >= 11 is 0. The lowest BCUT2D eigenvalue weighted by Gasteiger charge is -2.69. The van der Waals surface area contributed by atoms with Crippen molar-refractivity contribution in [2.75, 3.05) is 6.61 Å². The van der Waals surface area contributed by atoms with E-state index < -0.39 is 5.60 Å². The van der Waals surface area contributed by atoms with Gasteiger partial charge in [-0.05, 0) is 29.9 Å². The van der Waals surface area contributed by atoms with Gasteiger partial charge in [0.25, 0.3) is 0 Å². The first-order valence-electron chi connectivity index (χ1n) is 9.96. The van der Waals surface area contributed by atoms with Crippen LogP contribution in [0.25, 0.3) is 0 Å². The molecule has 8 rings (SSSR count). The Morgan fingerprint density at radius 1 is 1.19 bits per heavy atom. The maximum Gasteiger partial charge on any atom is 0.334 e. The van der Waals surface area contributed by atoms with Crippen molar-refractivity contribution in [2.24, 2.45) is 17.3 Å². The molecule has 0 aromatic carbocycles. The number of ether oxygens (including phenoxy) is 4. The Balaban J connectivity index is 1.40. The van der Waals surface area contributed by atoms with Crippen LogP contribution < -0.4 is 0 Å². The molecule has 8 aliphatic rings. The molecule has 0 aromatic heterocycles. The van der Waals surface area contributed by atoms with Gasteiger partial charge in [-0.2, -0.15) is 0 Å². The molecule has 6 fully saturated rings. The summed E-state index contributed by atoms with van der Waals surface area (Å²) in [7, 11) is 0. The molecule has 2 spiro atoms. The number of hydrogen-bond acceptors (Lipinski definition) is 5. The van der Waals surface area contributed by atoms with E-state index in [1.54, 1.807) is 0 Å². The van der Waals surface area contributed by atoms with Crippen molar-refractivity contribution in [1.82, 2.24) is 0 Å². The predicted molar refractivity (Wildman–Crippen MR) is 90.2 cm³/mol. The van der Waals surface area contributed by atoms with E-state index in [2.05, 4.69) is 27.4 Å². The van der Waals surface area contributed by atoms with E-state index in [1.165, 1.54) is 5.57 Å². The average molecular weight is 356 g/mol. The van der Waals surface area contributed by atoms with Gasteiger partial charge in [-0.1, -0.05) is 27.4 Å². The Morgan fingerprint density at radius 2 is 1.96 bits per heavy atom. The third kappa shape index (κ3) is 1.09. The Labute approximate surface area is 152 Å². The highest BCUT2D eigenvalue weighted by molar-refractivity contribution is 5.92. The molecule has 26 heavy (non-hydrogen) atoms. The molecule has 0 aromatic rings. The van der Waals surface area contributed by atoms with Gasteiger partial charge in [-0.3, -0.25) is 0 Å². The quantitative estimate of drug-likeness (QED) is 0.410. The molecule has 4 saturated heterocycles. The fraction of sp³-hybridized carbons (Fsp3) is 0.762. The minimum Gasteiger partial charge on any atom is -0.458 e. The monoisotopic (exact) mass is 356 g/mol. The molecule has 5 aliphatic heterocycles. The van der Waals surface area contributed by atoms with Gasteiger partial charge in [0.1, 0.15) is 35.6 Å². The first kappa shape index (κ1) is 14.8. The molecule has 8 atom stereocenters. The lowest BCUT2D eigenvalue weighted by Crippen LogP contribution is -2.79. The van der Waals surface area contributed by atoms with Crippen molar-refractivity contribution in [3.63, 3.8) is 0 Å². The summed E-state index contributed by atoms with van der Waals surface area (Å²) in [6.45, 7) is 11.7. The van der Waals surface area contributed by atoms with Crippen LogP contribution in [-0.2, 0) is 23.7 Å². The highest BCUT2D eigenvalue weighted by Crippen LogP contribution is 2.83. The van der Waals surface area contributed by atoms with Crippen molar-refractivity contribution in [3.05, 3.63) is 23.3 Å². The van der Waals surface area contributed by atoms with Crippen LogP contribution in [0.3, 0.4) is 0 Å². The van der Waals surface area contributed by atoms with Gasteiger partial charge < -0.3 is 18.9 Å². The van der Waals surface area contributed by atoms with Gasteiger partial charge in [-0.25, -0.2) is 4.79 Å². The minimum atomic E-state index is -0.410. The molecule has 5 heterocycles. The summed E-state index contributed by atoms with van der Waals surface area (Å²) in [6, 6.07) is 0. The molecule has 5 heteroatoms. The maximum absolute atomic E-state index is 12.1. The fourth-order valence-corrected chi connectivity index (χ4v) is 7.86. The van der Waals surface area contributed by atoms with E-state index >= 15 is 0 Å². The van der Waals surface area contributed by atoms with E-state index in [4.69, 9.17) is 18.9 Å². The zero-order valence-corrected chi connectivity index (χ0v) is 15.5. The second kappa shape index (κ2) is 3.71. The third-order valence-electron chi connectivity index (χ3n) is 9.05. The number of epoxide rings is 2. The lowest BCUT2D eigenvalue weighted by molar-refractivity contribution is -0.317. The van der Waals surface area contributed by atoms with Crippen LogP contribution in [0.4, 0.5) is 0 Å². The summed E-state index contributed by atoms with van der Waals surface area (Å²) in [5.41, 5.74) is 2.10. The molecule has 138 valence electrons. The van der Waals surface area contributed by atoms with Crippen LogP contribution in [0.15, 0.2) is 23.3 Å². The van der Waals surface area contributed by atoms with Crippen LogP contribution >= 0.6 is 0 Å². The van der Waals surface area contributed by atoms with E-state index in [-0.39, 0.29) is 46.8 Å². The number of carbonyl (C=O) groups excluding carboxylic acids is 1. The van der Waals surface area contributed by atoms with Gasteiger partial charge in [0.2, 0.25) is 0 Å². The Bertz CT molecular complexity index is 850. The second-order valence-electron chi connectivity index (χ2n) is 9.90. The summed E-state index contributed by atoms with van der Waals surface area (Å²) in [4.78, 5) is 12.1. The highest BCUT2D eigenvalue weighted by atomic mass is 16.7. The largest absolute Gasteiger partial charge is 0.458 e. The van der Waals surface area contributed by atoms with Gasteiger partial charge in [-0.15, -0.1) is 0 Å². The number of fused-ring (bicyclic) bond motifs is 2. The molecule has 2 bridgehead atoms. The van der Waals surface area contributed by atoms with Gasteiger partial charge >= 0.3 is 5.97 Å². The third-order valence-corrected chi connectivity index (χ3v) is 9.05. The second-order valence-corrected chi connectivity index (χ2v) is 9.90. The molecule has 0 radical (unpaired) electrons. The molecular formula is C21H24O5. The maximum atomic E-state index is 12.1. The first-order chi connectivity index (χ1) is 12.3. The summed E-state index contributed by atoms with van der Waals surface area (Å²) in [6.07, 6.45) is 2.98. The van der Waals surface area contributed by atoms with Crippen LogP contribution in [0.2, 0.25) is 0 Å².